The summed E-state index contributed by atoms with van der Waals surface area (Å²) < 4.78 is 5.14. The minimum atomic E-state index is -0.951. The second kappa shape index (κ2) is 12.7. The molecule has 0 radical (unpaired) electrons. The number of β-amino-alcohol motifs (C(OH)–C–C–N with tert-alkyl or cyclic N) is 1. The van der Waals surface area contributed by atoms with Crippen LogP contribution in [0.25, 0.3) is 10.4 Å². The van der Waals surface area contributed by atoms with E-state index in [1.165, 1.54) is 0 Å². The number of hydrogen-bond acceptors (Lipinski definition) is 9. The van der Waals surface area contributed by atoms with E-state index in [4.69, 9.17) is 10.5 Å². The predicted octanol–water partition coefficient (Wildman–Crippen LogP) is 1.20. The molecule has 1 aliphatic rings. The number of carbonyl (C=O) groups excluding carboxylic acids is 3. The second-order valence-electron chi connectivity index (χ2n) is 10.4. The van der Waals surface area contributed by atoms with E-state index in [9.17, 15) is 19.5 Å². The molecule has 1 aliphatic heterocycles. The Morgan fingerprint density at radius 3 is 2.57 bits per heavy atom. The number of carbonyl (C=O) groups is 3. The van der Waals surface area contributed by atoms with E-state index in [0.717, 1.165) is 21.7 Å². The van der Waals surface area contributed by atoms with E-state index in [1.54, 1.807) is 32.1 Å². The highest BCUT2D eigenvalue weighted by molar-refractivity contribution is 7.13. The maximum atomic E-state index is 13.1. The molecule has 11 heteroatoms. The van der Waals surface area contributed by atoms with Gasteiger partial charge in [0.1, 0.15) is 12.6 Å². The third kappa shape index (κ3) is 7.89. The Labute approximate surface area is 221 Å². The summed E-state index contributed by atoms with van der Waals surface area (Å²) >= 11 is 1.59. The molecule has 1 saturated heterocycles. The largest absolute Gasteiger partial charge is 0.392 e. The Kier molecular flexibility index (Phi) is 9.91. The van der Waals surface area contributed by atoms with Crippen LogP contribution in [0.3, 0.4) is 0 Å². The van der Waals surface area contributed by atoms with Gasteiger partial charge >= 0.3 is 0 Å². The third-order valence-corrected chi connectivity index (χ3v) is 7.18. The van der Waals surface area contributed by atoms with Crippen molar-refractivity contribution in [1.29, 1.82) is 0 Å². The summed E-state index contributed by atoms with van der Waals surface area (Å²) in [5.74, 6) is -1.57. The van der Waals surface area contributed by atoms with Gasteiger partial charge in [0, 0.05) is 19.6 Å². The maximum Gasteiger partial charge on any atom is 0.249 e. The summed E-state index contributed by atoms with van der Waals surface area (Å²) in [6.07, 6.45) is -0.459. The van der Waals surface area contributed by atoms with Crippen molar-refractivity contribution in [2.45, 2.75) is 58.8 Å². The van der Waals surface area contributed by atoms with Crippen LogP contribution in [0.5, 0.6) is 0 Å². The van der Waals surface area contributed by atoms with Crippen LogP contribution in [0.2, 0.25) is 0 Å². The average molecular weight is 532 g/mol. The fourth-order valence-corrected chi connectivity index (χ4v) is 5.12. The molecule has 1 fully saturated rings. The Morgan fingerprint density at radius 2 is 1.97 bits per heavy atom. The minimum Gasteiger partial charge on any atom is -0.392 e. The average Bonchev–Trinajstić information content (AvgIpc) is 3.42. The van der Waals surface area contributed by atoms with Crippen LogP contribution in [0.4, 0.5) is 0 Å². The SMILES string of the molecule is Cc1ncsc1-c1ccc(CN2C[C@H](O)C[C@H]2C(=O)NC(=O)[C@@H](NC(=O)COCCN)C(C)(C)C)cc1. The maximum absolute atomic E-state index is 13.1. The summed E-state index contributed by atoms with van der Waals surface area (Å²) in [7, 11) is 0. The molecule has 10 nitrogen and oxygen atoms in total. The zero-order valence-electron chi connectivity index (χ0n) is 21.8. The van der Waals surface area contributed by atoms with Gasteiger partial charge in [-0.05, 0) is 29.9 Å². The van der Waals surface area contributed by atoms with Crippen molar-refractivity contribution in [3.05, 3.63) is 41.0 Å². The van der Waals surface area contributed by atoms with Crippen molar-refractivity contribution in [1.82, 2.24) is 20.5 Å². The highest BCUT2D eigenvalue weighted by atomic mass is 32.1. The molecule has 1 aromatic carbocycles. The summed E-state index contributed by atoms with van der Waals surface area (Å²) in [5.41, 5.74) is 9.58. The lowest BCUT2D eigenvalue weighted by molar-refractivity contribution is -0.138. The molecule has 0 bridgehead atoms. The molecular weight excluding hydrogens is 494 g/mol. The summed E-state index contributed by atoms with van der Waals surface area (Å²) in [6.45, 7) is 8.42. The summed E-state index contributed by atoms with van der Waals surface area (Å²) in [6, 6.07) is 6.41. The molecule has 3 rings (SSSR count). The Bertz CT molecular complexity index is 1080. The molecule has 5 N–H and O–H groups in total. The van der Waals surface area contributed by atoms with Crippen LogP contribution in [0.1, 0.15) is 38.4 Å². The number of benzene rings is 1. The number of nitrogens with two attached hydrogens (primary N) is 1. The lowest BCUT2D eigenvalue weighted by Crippen LogP contribution is -2.57. The zero-order chi connectivity index (χ0) is 27.2. The molecule has 1 aromatic heterocycles. The number of ether oxygens (including phenoxy) is 1. The van der Waals surface area contributed by atoms with Gasteiger partial charge in [0.25, 0.3) is 0 Å². The first-order valence-corrected chi connectivity index (χ1v) is 13.2. The normalized spacial score (nSPS) is 19.0. The smallest absolute Gasteiger partial charge is 0.249 e. The van der Waals surface area contributed by atoms with E-state index in [2.05, 4.69) is 15.6 Å². The molecule has 0 saturated carbocycles. The van der Waals surface area contributed by atoms with Gasteiger partial charge < -0.3 is 20.9 Å². The van der Waals surface area contributed by atoms with Crippen molar-refractivity contribution in [2.75, 3.05) is 26.3 Å². The first kappa shape index (κ1) is 28.9. The third-order valence-electron chi connectivity index (χ3n) is 6.21. The van der Waals surface area contributed by atoms with Gasteiger partial charge in [0.05, 0.1) is 34.8 Å². The van der Waals surface area contributed by atoms with Gasteiger partial charge in [0.2, 0.25) is 17.7 Å². The number of aliphatic hydroxyl groups is 1. The van der Waals surface area contributed by atoms with Gasteiger partial charge in [-0.15, -0.1) is 11.3 Å². The van der Waals surface area contributed by atoms with E-state index in [-0.39, 0.29) is 26.2 Å². The molecule has 0 aliphatic carbocycles. The Balaban J connectivity index is 1.64. The van der Waals surface area contributed by atoms with E-state index < -0.39 is 41.3 Å². The zero-order valence-corrected chi connectivity index (χ0v) is 22.6. The number of imide groups is 1. The quantitative estimate of drug-likeness (QED) is 0.335. The number of nitrogens with one attached hydrogen (secondary N) is 2. The van der Waals surface area contributed by atoms with Gasteiger partial charge in [0.15, 0.2) is 0 Å². The number of hydrogen-bond donors (Lipinski definition) is 4. The lowest BCUT2D eigenvalue weighted by atomic mass is 9.86. The van der Waals surface area contributed by atoms with Crippen molar-refractivity contribution in [3.8, 4) is 10.4 Å². The number of amides is 3. The number of rotatable bonds is 10. The second-order valence-corrected chi connectivity index (χ2v) is 11.2. The fourth-order valence-electron chi connectivity index (χ4n) is 4.30. The van der Waals surface area contributed by atoms with Crippen LogP contribution < -0.4 is 16.4 Å². The molecule has 3 atom stereocenters. The summed E-state index contributed by atoms with van der Waals surface area (Å²) in [4.78, 5) is 45.7. The number of aromatic nitrogens is 1. The van der Waals surface area contributed by atoms with Crippen LogP contribution in [0, 0.1) is 12.3 Å². The van der Waals surface area contributed by atoms with E-state index >= 15 is 0 Å². The molecule has 3 amide bonds. The Morgan fingerprint density at radius 1 is 1.27 bits per heavy atom. The van der Waals surface area contributed by atoms with E-state index in [0.29, 0.717) is 13.1 Å². The first-order valence-electron chi connectivity index (χ1n) is 12.3. The molecular formula is C26H37N5O5S. The molecule has 37 heavy (non-hydrogen) atoms. The van der Waals surface area contributed by atoms with Crippen LogP contribution in [0.15, 0.2) is 29.8 Å². The number of likely N-dealkylation sites (tertiary alicyclic amines) is 1. The topological polar surface area (TPSA) is 147 Å². The molecule has 202 valence electrons. The van der Waals surface area contributed by atoms with Crippen LogP contribution in [-0.2, 0) is 25.7 Å². The van der Waals surface area contributed by atoms with E-state index in [1.807, 2.05) is 41.6 Å². The molecule has 0 spiro atoms. The van der Waals surface area contributed by atoms with Crippen molar-refractivity contribution < 1.29 is 24.2 Å². The van der Waals surface area contributed by atoms with Crippen molar-refractivity contribution >= 4 is 29.1 Å². The predicted molar refractivity (Wildman–Crippen MR) is 142 cm³/mol. The highest BCUT2D eigenvalue weighted by Crippen LogP contribution is 2.28. The molecule has 2 aromatic rings. The van der Waals surface area contributed by atoms with Gasteiger partial charge in [-0.1, -0.05) is 45.0 Å². The number of aryl methyl sites for hydroxylation is 1. The van der Waals surface area contributed by atoms with Crippen molar-refractivity contribution in [3.63, 3.8) is 0 Å². The van der Waals surface area contributed by atoms with Crippen LogP contribution in [-0.4, -0.2) is 77.2 Å². The monoisotopic (exact) mass is 531 g/mol. The Hall–Kier alpha value is -2.70. The highest BCUT2D eigenvalue weighted by Gasteiger charge is 2.39. The van der Waals surface area contributed by atoms with Crippen LogP contribution >= 0.6 is 11.3 Å². The van der Waals surface area contributed by atoms with Gasteiger partial charge in [-0.25, -0.2) is 4.98 Å². The van der Waals surface area contributed by atoms with Gasteiger partial charge in [-0.2, -0.15) is 0 Å². The lowest BCUT2D eigenvalue weighted by Gasteiger charge is -2.31. The number of nitrogens with zero attached hydrogens (tertiary/aromatic N) is 2. The first-order chi connectivity index (χ1) is 17.5. The fraction of sp³-hybridized carbons (Fsp3) is 0.538. The van der Waals surface area contributed by atoms with Crippen molar-refractivity contribution in [2.24, 2.45) is 11.1 Å². The molecule has 0 unspecified atom stereocenters. The molecule has 2 heterocycles. The standard InChI is InChI=1S/C26H37N5O5S/c1-16-22(37-15-28-16)18-7-5-17(6-8-18)12-31-13-19(32)11-20(31)24(34)30-25(35)23(26(2,3)4)29-21(33)14-36-10-9-27/h5-8,15,19-20,23,32H,9-14,27H2,1-4H3,(H,29,33)(H,30,34,35)/t19-,20+,23-/m1/s1. The minimum absolute atomic E-state index is 0.219. The number of thiazole rings is 1. The number of aliphatic hydroxyl groups excluding tert-OH is 1. The van der Waals surface area contributed by atoms with Gasteiger partial charge in [-0.3, -0.25) is 24.6 Å². The summed E-state index contributed by atoms with van der Waals surface area (Å²) in [5, 5.41) is 15.4.